The minimum absolute atomic E-state index is 0.0108. The summed E-state index contributed by atoms with van der Waals surface area (Å²) in [6.07, 6.45) is 3.84. The first-order chi connectivity index (χ1) is 11.2. The third-order valence-electron chi connectivity index (χ3n) is 5.82. The molecule has 0 radical (unpaired) electrons. The summed E-state index contributed by atoms with van der Waals surface area (Å²) in [5.74, 6) is 2.03. The number of aliphatic hydroxyl groups excluding tert-OH is 1. The van der Waals surface area contributed by atoms with Crippen LogP contribution >= 0.6 is 0 Å². The summed E-state index contributed by atoms with van der Waals surface area (Å²) < 4.78 is 5.36. The van der Waals surface area contributed by atoms with Crippen LogP contribution in [0.25, 0.3) is 0 Å². The Morgan fingerprint density at radius 3 is 2.96 bits per heavy atom. The first-order valence-electron chi connectivity index (χ1n) is 8.72. The molecule has 4 atom stereocenters. The van der Waals surface area contributed by atoms with Crippen molar-refractivity contribution in [3.63, 3.8) is 0 Å². The highest BCUT2D eigenvalue weighted by Crippen LogP contribution is 2.41. The van der Waals surface area contributed by atoms with Gasteiger partial charge in [0.2, 0.25) is 5.91 Å². The number of hydrogen-bond acceptors (Lipinski definition) is 5. The number of piperidine rings is 3. The highest BCUT2D eigenvalue weighted by molar-refractivity contribution is 5.78. The molecule has 4 rings (SSSR count). The van der Waals surface area contributed by atoms with Gasteiger partial charge in [-0.15, -0.1) is 0 Å². The molecule has 0 aromatic carbocycles. The van der Waals surface area contributed by atoms with Gasteiger partial charge < -0.3 is 14.5 Å². The summed E-state index contributed by atoms with van der Waals surface area (Å²) in [5.41, 5.74) is 0.912. The number of aryl methyl sites for hydroxylation is 1. The van der Waals surface area contributed by atoms with Gasteiger partial charge in [-0.1, -0.05) is 5.16 Å². The Labute approximate surface area is 136 Å². The minimum atomic E-state index is -0.0108. The van der Waals surface area contributed by atoms with E-state index in [1.165, 1.54) is 0 Å². The lowest BCUT2D eigenvalue weighted by Gasteiger charge is -2.56. The number of fused-ring (bicyclic) bond motifs is 4. The average Bonchev–Trinajstić information content (AvgIpc) is 2.93. The van der Waals surface area contributed by atoms with Crippen LogP contribution in [0.2, 0.25) is 0 Å². The molecule has 4 heterocycles. The Bertz CT molecular complexity index is 573. The number of aromatic nitrogens is 1. The Balaban J connectivity index is 1.53. The quantitative estimate of drug-likeness (QED) is 0.906. The second-order valence-corrected chi connectivity index (χ2v) is 7.40. The van der Waals surface area contributed by atoms with Crippen LogP contribution in [0, 0.1) is 18.8 Å². The molecule has 3 fully saturated rings. The molecule has 6 heteroatoms. The number of amides is 1. The van der Waals surface area contributed by atoms with Gasteiger partial charge >= 0.3 is 0 Å². The molecule has 0 unspecified atom stereocenters. The number of hydrogen-bond donors (Lipinski definition) is 1. The zero-order valence-electron chi connectivity index (χ0n) is 13.6. The van der Waals surface area contributed by atoms with Crippen LogP contribution in [0.3, 0.4) is 0 Å². The Hall–Kier alpha value is -1.40. The van der Waals surface area contributed by atoms with Crippen molar-refractivity contribution >= 4 is 5.91 Å². The standard InChI is InChI=1S/C17H25N3O3/c1-11-5-14(23-18-11)9-19-7-12-6-13(8-19)16(10-21)20-15(12)3-2-4-17(20)22/h5,12-13,15-16,21H,2-4,6-10H2,1H3/t12-,13+,15+,16+/m1/s1. The Kier molecular flexibility index (Phi) is 3.89. The molecule has 2 bridgehead atoms. The first kappa shape index (κ1) is 15.1. The molecule has 3 aliphatic heterocycles. The lowest BCUT2D eigenvalue weighted by Crippen LogP contribution is -2.65. The van der Waals surface area contributed by atoms with E-state index >= 15 is 0 Å². The fraction of sp³-hybridized carbons (Fsp3) is 0.765. The number of nitrogens with zero attached hydrogens (tertiary/aromatic N) is 3. The van der Waals surface area contributed by atoms with E-state index in [1.54, 1.807) is 0 Å². The van der Waals surface area contributed by atoms with Gasteiger partial charge in [0.05, 0.1) is 24.9 Å². The molecule has 1 aromatic rings. The van der Waals surface area contributed by atoms with Crippen LogP contribution in [-0.4, -0.2) is 57.8 Å². The molecule has 3 saturated heterocycles. The maximum absolute atomic E-state index is 12.4. The maximum Gasteiger partial charge on any atom is 0.223 e. The number of aliphatic hydroxyl groups is 1. The van der Waals surface area contributed by atoms with E-state index in [2.05, 4.69) is 10.1 Å². The number of likely N-dealkylation sites (tertiary alicyclic amines) is 1. The van der Waals surface area contributed by atoms with Gasteiger partial charge in [0, 0.05) is 31.6 Å². The number of rotatable bonds is 3. The van der Waals surface area contributed by atoms with Crippen LogP contribution < -0.4 is 0 Å². The van der Waals surface area contributed by atoms with Gasteiger partial charge in [-0.3, -0.25) is 9.69 Å². The molecular formula is C17H25N3O3. The zero-order valence-corrected chi connectivity index (χ0v) is 13.6. The van der Waals surface area contributed by atoms with Crippen molar-refractivity contribution in [1.82, 2.24) is 15.0 Å². The van der Waals surface area contributed by atoms with Gasteiger partial charge in [-0.2, -0.15) is 0 Å². The predicted molar refractivity (Wildman–Crippen MR) is 83.5 cm³/mol. The molecule has 0 spiro atoms. The van der Waals surface area contributed by atoms with E-state index in [1.807, 2.05) is 17.9 Å². The summed E-state index contributed by atoms with van der Waals surface area (Å²) >= 11 is 0. The van der Waals surface area contributed by atoms with Gasteiger partial charge in [0.15, 0.2) is 5.76 Å². The van der Waals surface area contributed by atoms with E-state index in [0.29, 0.717) is 24.3 Å². The predicted octanol–water partition coefficient (Wildman–Crippen LogP) is 1.18. The average molecular weight is 319 g/mol. The van der Waals surface area contributed by atoms with Crippen molar-refractivity contribution in [2.75, 3.05) is 19.7 Å². The van der Waals surface area contributed by atoms with Crippen LogP contribution in [0.15, 0.2) is 10.6 Å². The summed E-state index contributed by atoms with van der Waals surface area (Å²) in [5, 5.41) is 13.9. The minimum Gasteiger partial charge on any atom is -0.394 e. The molecule has 6 nitrogen and oxygen atoms in total. The topological polar surface area (TPSA) is 69.8 Å². The summed E-state index contributed by atoms with van der Waals surface area (Å²) in [7, 11) is 0. The fourth-order valence-corrected chi connectivity index (χ4v) is 4.95. The van der Waals surface area contributed by atoms with Crippen molar-refractivity contribution in [3.8, 4) is 0 Å². The van der Waals surface area contributed by atoms with Gasteiger partial charge in [-0.25, -0.2) is 0 Å². The van der Waals surface area contributed by atoms with E-state index in [4.69, 9.17) is 4.52 Å². The second-order valence-electron chi connectivity index (χ2n) is 7.40. The Morgan fingerprint density at radius 2 is 2.22 bits per heavy atom. The second kappa shape index (κ2) is 5.91. The summed E-state index contributed by atoms with van der Waals surface area (Å²) in [6, 6.07) is 2.29. The molecule has 0 saturated carbocycles. The molecule has 3 aliphatic rings. The monoisotopic (exact) mass is 319 g/mol. The molecule has 0 aliphatic carbocycles. The first-order valence-corrected chi connectivity index (χ1v) is 8.72. The SMILES string of the molecule is Cc1cc(CN2C[C@H]3C[C@@H](C2)[C@H](CO)N2C(=O)CCC[C@@H]32)on1. The van der Waals surface area contributed by atoms with Gasteiger partial charge in [0.25, 0.3) is 0 Å². The Morgan fingerprint density at radius 1 is 1.39 bits per heavy atom. The van der Waals surface area contributed by atoms with Crippen molar-refractivity contribution in [2.45, 2.75) is 51.2 Å². The molecular weight excluding hydrogens is 294 g/mol. The lowest BCUT2D eigenvalue weighted by molar-refractivity contribution is -0.155. The van der Waals surface area contributed by atoms with Crippen LogP contribution in [0.4, 0.5) is 0 Å². The largest absolute Gasteiger partial charge is 0.394 e. The third-order valence-corrected chi connectivity index (χ3v) is 5.82. The van der Waals surface area contributed by atoms with Crippen LogP contribution in [-0.2, 0) is 11.3 Å². The smallest absolute Gasteiger partial charge is 0.223 e. The highest BCUT2D eigenvalue weighted by atomic mass is 16.5. The lowest BCUT2D eigenvalue weighted by atomic mass is 9.72. The number of carbonyl (C=O) groups is 1. The van der Waals surface area contributed by atoms with Crippen molar-refractivity contribution < 1.29 is 14.4 Å². The zero-order chi connectivity index (χ0) is 16.0. The van der Waals surface area contributed by atoms with Gasteiger partial charge in [-0.05, 0) is 38.0 Å². The van der Waals surface area contributed by atoms with E-state index in [9.17, 15) is 9.90 Å². The normalized spacial score (nSPS) is 34.5. The van der Waals surface area contributed by atoms with Gasteiger partial charge in [0.1, 0.15) is 0 Å². The van der Waals surface area contributed by atoms with Crippen molar-refractivity contribution in [2.24, 2.45) is 11.8 Å². The fourth-order valence-electron chi connectivity index (χ4n) is 4.95. The van der Waals surface area contributed by atoms with Crippen LogP contribution in [0.5, 0.6) is 0 Å². The third kappa shape index (κ3) is 2.68. The maximum atomic E-state index is 12.4. The van der Waals surface area contributed by atoms with E-state index < -0.39 is 0 Å². The highest BCUT2D eigenvalue weighted by Gasteiger charge is 2.49. The summed E-state index contributed by atoms with van der Waals surface area (Å²) in [6.45, 7) is 4.70. The number of carbonyl (C=O) groups excluding carboxylic acids is 1. The molecule has 23 heavy (non-hydrogen) atoms. The molecule has 126 valence electrons. The van der Waals surface area contributed by atoms with E-state index in [-0.39, 0.29) is 18.6 Å². The van der Waals surface area contributed by atoms with Crippen molar-refractivity contribution in [3.05, 3.63) is 17.5 Å². The molecule has 1 aromatic heterocycles. The van der Waals surface area contributed by atoms with Crippen molar-refractivity contribution in [1.29, 1.82) is 0 Å². The van der Waals surface area contributed by atoms with E-state index in [0.717, 1.165) is 50.4 Å². The molecule has 1 N–H and O–H groups in total. The molecule has 1 amide bonds. The van der Waals surface area contributed by atoms with Crippen LogP contribution in [0.1, 0.15) is 37.1 Å². The summed E-state index contributed by atoms with van der Waals surface area (Å²) in [4.78, 5) is 16.8.